The van der Waals surface area contributed by atoms with Crippen molar-refractivity contribution in [2.24, 2.45) is 0 Å². The van der Waals surface area contributed by atoms with Crippen LogP contribution in [0.25, 0.3) is 0 Å². The molecule has 1 aromatic rings. The first-order chi connectivity index (χ1) is 10.0. The number of ether oxygens (including phenoxy) is 1. The van der Waals surface area contributed by atoms with E-state index in [1.54, 1.807) is 0 Å². The number of nitrogens with one attached hydrogen (secondary N) is 3. The van der Waals surface area contributed by atoms with Gasteiger partial charge in [0.15, 0.2) is 0 Å². The Balaban J connectivity index is 2.36. The Kier molecular flexibility index (Phi) is 7.79. The highest BCUT2D eigenvalue weighted by Crippen LogP contribution is 2.15. The zero-order valence-electron chi connectivity index (χ0n) is 13.4. The average molecular weight is 293 g/mol. The van der Waals surface area contributed by atoms with Crippen LogP contribution in [-0.4, -0.2) is 31.8 Å². The van der Waals surface area contributed by atoms with Gasteiger partial charge in [0.05, 0.1) is 12.7 Å². The number of anilines is 1. The molecule has 0 bridgehead atoms. The van der Waals surface area contributed by atoms with Crippen molar-refractivity contribution in [1.29, 1.82) is 0 Å². The molecule has 1 unspecified atom stereocenters. The van der Waals surface area contributed by atoms with Crippen molar-refractivity contribution >= 4 is 11.7 Å². The van der Waals surface area contributed by atoms with Crippen LogP contribution in [0.4, 0.5) is 10.5 Å². The smallest absolute Gasteiger partial charge is 0.319 e. The number of hydrogen-bond donors (Lipinski definition) is 3. The van der Waals surface area contributed by atoms with E-state index in [1.165, 1.54) is 5.56 Å². The monoisotopic (exact) mass is 293 g/mol. The van der Waals surface area contributed by atoms with E-state index in [1.807, 2.05) is 38.1 Å². The molecule has 5 heteroatoms. The Morgan fingerprint density at radius 1 is 1.19 bits per heavy atom. The molecule has 0 aliphatic carbocycles. The van der Waals surface area contributed by atoms with E-state index in [-0.39, 0.29) is 12.1 Å². The summed E-state index contributed by atoms with van der Waals surface area (Å²) in [6.07, 6.45) is 0.182. The van der Waals surface area contributed by atoms with Crippen molar-refractivity contribution in [3.63, 3.8) is 0 Å². The second kappa shape index (κ2) is 9.37. The van der Waals surface area contributed by atoms with Crippen molar-refractivity contribution in [2.75, 3.05) is 25.0 Å². The average Bonchev–Trinajstić information content (AvgIpc) is 2.44. The van der Waals surface area contributed by atoms with E-state index in [9.17, 15) is 4.79 Å². The zero-order valence-corrected chi connectivity index (χ0v) is 13.4. The van der Waals surface area contributed by atoms with Crippen molar-refractivity contribution in [3.8, 4) is 0 Å². The number of carbonyl (C=O) groups is 1. The van der Waals surface area contributed by atoms with Crippen LogP contribution < -0.4 is 16.0 Å². The molecule has 0 saturated heterocycles. The number of rotatable bonds is 8. The molecule has 1 rings (SSSR count). The molecule has 0 heterocycles. The maximum Gasteiger partial charge on any atom is 0.319 e. The first-order valence-electron chi connectivity index (χ1n) is 7.52. The van der Waals surface area contributed by atoms with Crippen LogP contribution in [0.3, 0.4) is 0 Å². The standard InChI is InChI=1S/C16H27N3O2/c1-5-17-13(4)14-6-8-15(9-7-14)19-16(20)18-10-11-21-12(2)3/h6-9,12-13,17H,5,10-11H2,1-4H3,(H2,18,19,20). The summed E-state index contributed by atoms with van der Waals surface area (Å²) >= 11 is 0. The number of hydrogen-bond acceptors (Lipinski definition) is 3. The van der Waals surface area contributed by atoms with Gasteiger partial charge in [-0.15, -0.1) is 0 Å². The first-order valence-corrected chi connectivity index (χ1v) is 7.52. The lowest BCUT2D eigenvalue weighted by Crippen LogP contribution is -2.32. The van der Waals surface area contributed by atoms with Crippen molar-refractivity contribution in [2.45, 2.75) is 39.8 Å². The molecule has 118 valence electrons. The number of urea groups is 1. The van der Waals surface area contributed by atoms with E-state index in [2.05, 4.69) is 29.8 Å². The number of carbonyl (C=O) groups excluding carboxylic acids is 1. The lowest BCUT2D eigenvalue weighted by atomic mass is 10.1. The van der Waals surface area contributed by atoms with Crippen molar-refractivity contribution in [1.82, 2.24) is 10.6 Å². The number of benzene rings is 1. The summed E-state index contributed by atoms with van der Waals surface area (Å²) in [6.45, 7) is 10.1. The maximum absolute atomic E-state index is 11.7. The molecule has 0 aliphatic heterocycles. The van der Waals surface area contributed by atoms with Gasteiger partial charge in [0.2, 0.25) is 0 Å². The third-order valence-corrected chi connectivity index (χ3v) is 3.02. The molecule has 0 fully saturated rings. The summed E-state index contributed by atoms with van der Waals surface area (Å²) in [7, 11) is 0. The van der Waals surface area contributed by atoms with Crippen LogP contribution in [0, 0.1) is 0 Å². The summed E-state index contributed by atoms with van der Waals surface area (Å²) in [5.41, 5.74) is 1.98. The fourth-order valence-corrected chi connectivity index (χ4v) is 1.91. The molecular formula is C16H27N3O2. The Hall–Kier alpha value is -1.59. The second-order valence-electron chi connectivity index (χ2n) is 5.20. The van der Waals surface area contributed by atoms with E-state index in [0.29, 0.717) is 19.2 Å². The van der Waals surface area contributed by atoms with E-state index in [4.69, 9.17) is 4.74 Å². The highest BCUT2D eigenvalue weighted by atomic mass is 16.5. The van der Waals surface area contributed by atoms with Crippen LogP contribution in [0.15, 0.2) is 24.3 Å². The second-order valence-corrected chi connectivity index (χ2v) is 5.20. The molecule has 2 amide bonds. The molecule has 0 saturated carbocycles. The Morgan fingerprint density at radius 2 is 1.86 bits per heavy atom. The lowest BCUT2D eigenvalue weighted by molar-refractivity contribution is 0.0820. The summed E-state index contributed by atoms with van der Waals surface area (Å²) in [4.78, 5) is 11.7. The highest BCUT2D eigenvalue weighted by Gasteiger charge is 2.05. The number of amides is 2. The predicted molar refractivity (Wildman–Crippen MR) is 86.6 cm³/mol. The minimum Gasteiger partial charge on any atom is -0.377 e. The normalized spacial score (nSPS) is 12.2. The largest absolute Gasteiger partial charge is 0.377 e. The van der Waals surface area contributed by atoms with Gasteiger partial charge in [-0.25, -0.2) is 4.79 Å². The molecule has 1 aromatic carbocycles. The zero-order chi connectivity index (χ0) is 15.7. The Bertz CT molecular complexity index is 418. The predicted octanol–water partition coefficient (Wildman–Crippen LogP) is 2.90. The van der Waals surface area contributed by atoms with Gasteiger partial charge in [-0.3, -0.25) is 0 Å². The SMILES string of the molecule is CCNC(C)c1ccc(NC(=O)NCCOC(C)C)cc1. The topological polar surface area (TPSA) is 62.4 Å². The molecule has 0 spiro atoms. The van der Waals surface area contributed by atoms with Gasteiger partial charge in [-0.05, 0) is 45.0 Å². The molecular weight excluding hydrogens is 266 g/mol. The first kappa shape index (κ1) is 17.5. The quantitative estimate of drug-likeness (QED) is 0.646. The molecule has 3 N–H and O–H groups in total. The fraction of sp³-hybridized carbons (Fsp3) is 0.562. The fourth-order valence-electron chi connectivity index (χ4n) is 1.91. The van der Waals surface area contributed by atoms with Gasteiger partial charge in [-0.1, -0.05) is 19.1 Å². The third kappa shape index (κ3) is 7.11. The molecule has 5 nitrogen and oxygen atoms in total. The minimum atomic E-state index is -0.213. The molecule has 0 radical (unpaired) electrons. The van der Waals surface area contributed by atoms with Crippen LogP contribution in [-0.2, 0) is 4.74 Å². The van der Waals surface area contributed by atoms with Crippen molar-refractivity contribution in [3.05, 3.63) is 29.8 Å². The van der Waals surface area contributed by atoms with Crippen LogP contribution in [0.2, 0.25) is 0 Å². The Morgan fingerprint density at radius 3 is 2.43 bits per heavy atom. The Labute approximate surface area is 127 Å². The van der Waals surface area contributed by atoms with Gasteiger partial charge in [0.1, 0.15) is 0 Å². The molecule has 0 aliphatic rings. The van der Waals surface area contributed by atoms with E-state index >= 15 is 0 Å². The van der Waals surface area contributed by atoms with Gasteiger partial charge in [0.25, 0.3) is 0 Å². The molecule has 0 aromatic heterocycles. The minimum absolute atomic E-state index is 0.182. The molecule has 1 atom stereocenters. The molecule has 21 heavy (non-hydrogen) atoms. The van der Waals surface area contributed by atoms with Gasteiger partial charge in [0, 0.05) is 18.3 Å². The van der Waals surface area contributed by atoms with Gasteiger partial charge < -0.3 is 20.7 Å². The van der Waals surface area contributed by atoms with Crippen LogP contribution >= 0.6 is 0 Å². The van der Waals surface area contributed by atoms with E-state index in [0.717, 1.165) is 12.2 Å². The highest BCUT2D eigenvalue weighted by molar-refractivity contribution is 5.89. The summed E-state index contributed by atoms with van der Waals surface area (Å²) in [5, 5.41) is 8.91. The summed E-state index contributed by atoms with van der Waals surface area (Å²) < 4.78 is 5.36. The maximum atomic E-state index is 11.7. The summed E-state index contributed by atoms with van der Waals surface area (Å²) in [6, 6.07) is 7.96. The lowest BCUT2D eigenvalue weighted by Gasteiger charge is -2.14. The van der Waals surface area contributed by atoms with Crippen LogP contribution in [0.1, 0.15) is 39.3 Å². The van der Waals surface area contributed by atoms with E-state index < -0.39 is 0 Å². The van der Waals surface area contributed by atoms with Gasteiger partial charge >= 0.3 is 6.03 Å². The van der Waals surface area contributed by atoms with Gasteiger partial charge in [-0.2, -0.15) is 0 Å². The third-order valence-electron chi connectivity index (χ3n) is 3.02. The van der Waals surface area contributed by atoms with Crippen LogP contribution in [0.5, 0.6) is 0 Å². The van der Waals surface area contributed by atoms with Crippen molar-refractivity contribution < 1.29 is 9.53 Å². The summed E-state index contributed by atoms with van der Waals surface area (Å²) in [5.74, 6) is 0.